The molecule has 35 heavy (non-hydrogen) atoms. The Morgan fingerprint density at radius 2 is 1.89 bits per heavy atom. The van der Waals surface area contributed by atoms with Gasteiger partial charge >= 0.3 is 11.7 Å². The molecule has 0 unspecified atom stereocenters. The van der Waals surface area contributed by atoms with Gasteiger partial charge in [-0.15, -0.1) is 11.3 Å². The third-order valence-electron chi connectivity index (χ3n) is 5.35. The largest absolute Gasteiger partial charge is 0.457 e. The summed E-state index contributed by atoms with van der Waals surface area (Å²) in [7, 11) is 1.26. The van der Waals surface area contributed by atoms with Crippen molar-refractivity contribution in [1.29, 1.82) is 0 Å². The minimum atomic E-state index is -0.856. The van der Waals surface area contributed by atoms with E-state index < -0.39 is 35.2 Å². The molecule has 3 aromatic heterocycles. The number of nitrogens with two attached hydrogens (primary N) is 1. The van der Waals surface area contributed by atoms with E-state index in [0.717, 1.165) is 19.6 Å². The van der Waals surface area contributed by atoms with Crippen LogP contribution in [0.25, 0.3) is 10.8 Å². The number of benzene rings is 1. The predicted molar refractivity (Wildman–Crippen MR) is 129 cm³/mol. The van der Waals surface area contributed by atoms with Crippen molar-refractivity contribution in [3.63, 3.8) is 0 Å². The SMILES string of the molecule is Cc1oc(-c2cccs2)nc1CC(=O)OCC(=O)c1c(N)n(Cc2ccccc2)c(=O)n(C)c1=O. The highest BCUT2D eigenvalue weighted by Gasteiger charge is 2.23. The average Bonchev–Trinajstić information content (AvgIpc) is 3.50. The highest BCUT2D eigenvalue weighted by atomic mass is 32.1. The number of thiophene rings is 1. The van der Waals surface area contributed by atoms with E-state index in [2.05, 4.69) is 4.98 Å². The monoisotopic (exact) mass is 494 g/mol. The molecule has 1 aromatic carbocycles. The van der Waals surface area contributed by atoms with Crippen LogP contribution in [0, 0.1) is 6.92 Å². The maximum absolute atomic E-state index is 12.8. The number of carbonyl (C=O) groups is 2. The first-order valence-corrected chi connectivity index (χ1v) is 11.5. The van der Waals surface area contributed by atoms with Gasteiger partial charge in [0.15, 0.2) is 6.61 Å². The number of ether oxygens (including phenoxy) is 1. The summed E-state index contributed by atoms with van der Waals surface area (Å²) < 4.78 is 12.6. The van der Waals surface area contributed by atoms with E-state index in [4.69, 9.17) is 14.9 Å². The fourth-order valence-electron chi connectivity index (χ4n) is 3.47. The van der Waals surface area contributed by atoms with Crippen molar-refractivity contribution in [3.05, 3.63) is 91.3 Å². The van der Waals surface area contributed by atoms with Crippen LogP contribution in [-0.2, 0) is 29.5 Å². The number of nitrogen functional groups attached to an aromatic ring is 1. The Kier molecular flexibility index (Phi) is 6.78. The summed E-state index contributed by atoms with van der Waals surface area (Å²) in [5.74, 6) is -0.957. The average molecular weight is 495 g/mol. The highest BCUT2D eigenvalue weighted by Crippen LogP contribution is 2.26. The molecule has 0 bridgehead atoms. The first kappa shape index (κ1) is 23.9. The molecule has 11 heteroatoms. The summed E-state index contributed by atoms with van der Waals surface area (Å²) in [5.41, 5.74) is 5.29. The number of Topliss-reactive ketones (excluding diaryl/α,β-unsaturated/α-hetero) is 1. The fraction of sp³-hybridized carbons (Fsp3) is 0.208. The molecule has 2 N–H and O–H groups in total. The van der Waals surface area contributed by atoms with Crippen LogP contribution in [0.1, 0.15) is 27.4 Å². The molecule has 0 aliphatic heterocycles. The molecule has 0 spiro atoms. The van der Waals surface area contributed by atoms with Gasteiger partial charge in [-0.25, -0.2) is 9.78 Å². The number of aromatic nitrogens is 3. The molecule has 0 aliphatic rings. The van der Waals surface area contributed by atoms with Crippen LogP contribution in [0.2, 0.25) is 0 Å². The second-order valence-corrected chi connectivity index (χ2v) is 8.69. The summed E-state index contributed by atoms with van der Waals surface area (Å²) >= 11 is 1.45. The van der Waals surface area contributed by atoms with Gasteiger partial charge in [0.1, 0.15) is 17.1 Å². The lowest BCUT2D eigenvalue weighted by atomic mass is 10.2. The molecule has 3 heterocycles. The van der Waals surface area contributed by atoms with Gasteiger partial charge in [0.25, 0.3) is 5.56 Å². The van der Waals surface area contributed by atoms with E-state index in [-0.39, 0.29) is 18.8 Å². The summed E-state index contributed by atoms with van der Waals surface area (Å²) in [6.45, 7) is 1.03. The molecular formula is C24H22N4O6S. The molecule has 0 saturated heterocycles. The molecule has 180 valence electrons. The highest BCUT2D eigenvalue weighted by molar-refractivity contribution is 7.13. The number of esters is 1. The zero-order chi connectivity index (χ0) is 25.1. The summed E-state index contributed by atoms with van der Waals surface area (Å²) in [4.78, 5) is 55.6. The van der Waals surface area contributed by atoms with Crippen LogP contribution < -0.4 is 17.0 Å². The van der Waals surface area contributed by atoms with E-state index in [9.17, 15) is 19.2 Å². The van der Waals surface area contributed by atoms with E-state index in [1.54, 1.807) is 31.2 Å². The number of ketones is 1. The van der Waals surface area contributed by atoms with Crippen molar-refractivity contribution in [1.82, 2.24) is 14.1 Å². The molecule has 0 atom stereocenters. The van der Waals surface area contributed by atoms with Gasteiger partial charge in [0.2, 0.25) is 11.7 Å². The summed E-state index contributed by atoms with van der Waals surface area (Å²) in [6, 6.07) is 12.7. The van der Waals surface area contributed by atoms with Gasteiger partial charge in [-0.2, -0.15) is 0 Å². The van der Waals surface area contributed by atoms with Crippen molar-refractivity contribution in [2.24, 2.45) is 7.05 Å². The van der Waals surface area contributed by atoms with E-state index in [1.807, 2.05) is 23.6 Å². The van der Waals surface area contributed by atoms with Crippen LogP contribution in [0.3, 0.4) is 0 Å². The number of carbonyl (C=O) groups excluding carboxylic acids is 2. The Morgan fingerprint density at radius 3 is 2.57 bits per heavy atom. The Morgan fingerprint density at radius 1 is 1.14 bits per heavy atom. The van der Waals surface area contributed by atoms with Gasteiger partial charge in [0.05, 0.1) is 23.5 Å². The molecule has 0 aliphatic carbocycles. The van der Waals surface area contributed by atoms with Gasteiger partial charge in [-0.1, -0.05) is 36.4 Å². The number of anilines is 1. The maximum atomic E-state index is 12.8. The number of aryl methyl sites for hydroxylation is 1. The van der Waals surface area contributed by atoms with Crippen LogP contribution in [0.5, 0.6) is 0 Å². The molecule has 0 saturated carbocycles. The molecule has 4 aromatic rings. The number of hydrogen-bond acceptors (Lipinski definition) is 9. The number of rotatable bonds is 8. The van der Waals surface area contributed by atoms with Crippen molar-refractivity contribution < 1.29 is 18.7 Å². The standard InChI is InChI=1S/C24H22N4O6S/c1-14-16(26-22(34-14)18-9-6-10-35-18)11-19(30)33-13-17(29)20-21(25)28(24(32)27(2)23(20)31)12-15-7-4-3-5-8-15/h3-10H,11-13,25H2,1-2H3. The van der Waals surface area contributed by atoms with Crippen LogP contribution >= 0.6 is 11.3 Å². The van der Waals surface area contributed by atoms with Gasteiger partial charge in [-0.05, 0) is 23.9 Å². The smallest absolute Gasteiger partial charge is 0.332 e. The van der Waals surface area contributed by atoms with Gasteiger partial charge < -0.3 is 14.9 Å². The number of oxazole rings is 1. The van der Waals surface area contributed by atoms with Crippen molar-refractivity contribution in [2.45, 2.75) is 19.9 Å². The number of hydrogen-bond donors (Lipinski definition) is 1. The summed E-state index contributed by atoms with van der Waals surface area (Å²) in [6.07, 6.45) is -0.213. The zero-order valence-electron chi connectivity index (χ0n) is 19.0. The lowest BCUT2D eigenvalue weighted by Crippen LogP contribution is -2.43. The molecule has 0 radical (unpaired) electrons. The fourth-order valence-corrected chi connectivity index (χ4v) is 4.12. The second-order valence-electron chi connectivity index (χ2n) is 7.74. The third-order valence-corrected chi connectivity index (χ3v) is 6.20. The van der Waals surface area contributed by atoms with Crippen molar-refractivity contribution in [3.8, 4) is 10.8 Å². The van der Waals surface area contributed by atoms with Crippen molar-refractivity contribution >= 4 is 28.9 Å². The molecule has 4 rings (SSSR count). The van der Waals surface area contributed by atoms with E-state index >= 15 is 0 Å². The van der Waals surface area contributed by atoms with Crippen molar-refractivity contribution in [2.75, 3.05) is 12.3 Å². The summed E-state index contributed by atoms with van der Waals surface area (Å²) in [5, 5.41) is 1.88. The quantitative estimate of drug-likeness (QED) is 0.290. The second kappa shape index (κ2) is 9.94. The molecule has 10 nitrogen and oxygen atoms in total. The minimum absolute atomic E-state index is 0.0672. The van der Waals surface area contributed by atoms with Gasteiger partial charge in [0, 0.05) is 7.05 Å². The van der Waals surface area contributed by atoms with Crippen LogP contribution in [-0.4, -0.2) is 32.5 Å². The lowest BCUT2D eigenvalue weighted by molar-refractivity contribution is -0.141. The first-order valence-electron chi connectivity index (χ1n) is 10.6. The number of nitrogens with zero attached hydrogens (tertiary/aromatic N) is 3. The zero-order valence-corrected chi connectivity index (χ0v) is 19.8. The molecular weight excluding hydrogens is 472 g/mol. The topological polar surface area (TPSA) is 139 Å². The molecule has 0 amide bonds. The maximum Gasteiger partial charge on any atom is 0.332 e. The normalized spacial score (nSPS) is 10.9. The Hall–Kier alpha value is -4.25. The van der Waals surface area contributed by atoms with E-state index in [1.165, 1.54) is 18.4 Å². The molecule has 0 fully saturated rings. The minimum Gasteiger partial charge on any atom is -0.457 e. The Balaban J connectivity index is 1.49. The van der Waals surface area contributed by atoms with E-state index in [0.29, 0.717) is 17.3 Å². The lowest BCUT2D eigenvalue weighted by Gasteiger charge is -2.14. The first-order chi connectivity index (χ1) is 16.8. The predicted octanol–water partition coefficient (Wildman–Crippen LogP) is 2.17. The Labute approximate surface area is 203 Å². The van der Waals surface area contributed by atoms with Crippen LogP contribution in [0.15, 0.2) is 61.9 Å². The van der Waals surface area contributed by atoms with Crippen LogP contribution in [0.4, 0.5) is 5.82 Å². The Bertz CT molecular complexity index is 1500. The van der Waals surface area contributed by atoms with Gasteiger partial charge in [-0.3, -0.25) is 23.5 Å². The third kappa shape index (κ3) is 4.99.